The van der Waals surface area contributed by atoms with Crippen LogP contribution in [0.4, 0.5) is 10.1 Å². The zero-order valence-corrected chi connectivity index (χ0v) is 24.5. The summed E-state index contributed by atoms with van der Waals surface area (Å²) in [4.78, 5) is 37.9. The maximum atomic E-state index is 15.3. The second-order valence-corrected chi connectivity index (χ2v) is 11.3. The van der Waals surface area contributed by atoms with E-state index in [2.05, 4.69) is 22.2 Å². The van der Waals surface area contributed by atoms with E-state index >= 15 is 4.39 Å². The van der Waals surface area contributed by atoms with E-state index in [1.807, 2.05) is 53.4 Å². The van der Waals surface area contributed by atoms with E-state index in [1.165, 1.54) is 23.5 Å². The Morgan fingerprint density at radius 2 is 1.65 bits per heavy atom. The molecule has 222 valence electrons. The van der Waals surface area contributed by atoms with Gasteiger partial charge in [-0.2, -0.15) is 0 Å². The van der Waals surface area contributed by atoms with Crippen LogP contribution >= 0.6 is 0 Å². The van der Waals surface area contributed by atoms with E-state index in [0.717, 1.165) is 38.3 Å². The monoisotopic (exact) mass is 580 g/mol. The molecule has 3 aromatic carbocycles. The summed E-state index contributed by atoms with van der Waals surface area (Å²) in [5.41, 5.74) is 2.69. The van der Waals surface area contributed by atoms with Crippen LogP contribution in [-0.2, 0) is 0 Å². The minimum atomic E-state index is -0.418. The number of carbonyl (C=O) groups excluding carboxylic acids is 1. The fourth-order valence-electron chi connectivity index (χ4n) is 5.79. The molecule has 0 bridgehead atoms. The summed E-state index contributed by atoms with van der Waals surface area (Å²) in [6, 6.07) is 19.6. The van der Waals surface area contributed by atoms with E-state index in [-0.39, 0.29) is 16.9 Å². The maximum Gasteiger partial charge on any atom is 0.266 e. The SMILES string of the molecule is CN1CCN(c2cc3nc(/C=C/c4ccc(C(=O)NCCN5CCCC5)cc4)n(-c4ccccc4)c(=O)c3cc2F)CC1. The van der Waals surface area contributed by atoms with E-state index in [4.69, 9.17) is 4.98 Å². The Morgan fingerprint density at radius 1 is 0.930 bits per heavy atom. The van der Waals surface area contributed by atoms with Gasteiger partial charge in [-0.15, -0.1) is 0 Å². The smallest absolute Gasteiger partial charge is 0.266 e. The van der Waals surface area contributed by atoms with Crippen LogP contribution in [-0.4, -0.2) is 84.7 Å². The molecule has 0 aliphatic carbocycles. The highest BCUT2D eigenvalue weighted by Crippen LogP contribution is 2.26. The van der Waals surface area contributed by atoms with E-state index in [9.17, 15) is 9.59 Å². The molecule has 1 aromatic heterocycles. The number of benzene rings is 3. The summed E-state index contributed by atoms with van der Waals surface area (Å²) in [6.45, 7) is 6.81. The van der Waals surface area contributed by atoms with Gasteiger partial charge in [0.25, 0.3) is 11.5 Å². The molecule has 0 radical (unpaired) electrons. The third-order valence-electron chi connectivity index (χ3n) is 8.33. The third-order valence-corrected chi connectivity index (χ3v) is 8.33. The second-order valence-electron chi connectivity index (χ2n) is 11.3. The Labute approximate surface area is 251 Å². The van der Waals surface area contributed by atoms with Crippen molar-refractivity contribution in [3.05, 3.63) is 99.9 Å². The Kier molecular flexibility index (Phi) is 8.62. The fraction of sp³-hybridized carbons (Fsp3) is 0.324. The number of amides is 1. The first kappa shape index (κ1) is 28.8. The quantitative estimate of drug-likeness (QED) is 0.336. The normalized spacial score (nSPS) is 16.4. The number of hydrogen-bond acceptors (Lipinski definition) is 6. The molecule has 3 heterocycles. The predicted molar refractivity (Wildman–Crippen MR) is 170 cm³/mol. The topological polar surface area (TPSA) is 73.7 Å². The van der Waals surface area contributed by atoms with Crippen LogP contribution < -0.4 is 15.8 Å². The number of aromatic nitrogens is 2. The fourth-order valence-corrected chi connectivity index (χ4v) is 5.79. The van der Waals surface area contributed by atoms with Crippen molar-refractivity contribution in [3.63, 3.8) is 0 Å². The first-order valence-corrected chi connectivity index (χ1v) is 15.0. The number of fused-ring (bicyclic) bond motifs is 1. The predicted octanol–water partition coefficient (Wildman–Crippen LogP) is 4.27. The summed E-state index contributed by atoms with van der Waals surface area (Å²) in [6.07, 6.45) is 6.12. The van der Waals surface area contributed by atoms with Crippen molar-refractivity contribution < 1.29 is 9.18 Å². The van der Waals surface area contributed by atoms with Crippen LogP contribution in [0.2, 0.25) is 0 Å². The summed E-state index contributed by atoms with van der Waals surface area (Å²) >= 11 is 0. The lowest BCUT2D eigenvalue weighted by atomic mass is 10.1. The molecule has 0 saturated carbocycles. The Bertz CT molecular complexity index is 1670. The standard InChI is InChI=1S/C34H37FN6O2/c1-38-19-21-40(22-20-38)31-24-30-28(23-29(31)35)34(43)41(27-7-3-2-4-8-27)32(37-30)14-11-25-9-12-26(13-10-25)33(42)36-15-18-39-16-5-6-17-39/h2-4,7-14,23-24H,5-6,15-22H2,1H3,(H,36,42)/b14-11+. The molecule has 6 rings (SSSR count). The Hall–Kier alpha value is -4.34. The minimum Gasteiger partial charge on any atom is -0.367 e. The number of nitrogens with zero attached hydrogens (tertiary/aromatic N) is 5. The van der Waals surface area contributed by atoms with Crippen LogP contribution in [0.5, 0.6) is 0 Å². The van der Waals surface area contributed by atoms with Gasteiger partial charge in [0.1, 0.15) is 11.6 Å². The first-order chi connectivity index (χ1) is 21.0. The van der Waals surface area contributed by atoms with Crippen molar-refractivity contribution in [3.8, 4) is 5.69 Å². The molecule has 2 saturated heterocycles. The number of piperazine rings is 1. The summed E-state index contributed by atoms with van der Waals surface area (Å²) in [7, 11) is 2.05. The number of likely N-dealkylation sites (tertiary alicyclic amines) is 1. The van der Waals surface area contributed by atoms with Gasteiger partial charge in [-0.3, -0.25) is 14.2 Å². The highest BCUT2D eigenvalue weighted by atomic mass is 19.1. The molecule has 9 heteroatoms. The molecule has 0 spiro atoms. The molecule has 43 heavy (non-hydrogen) atoms. The lowest BCUT2D eigenvalue weighted by Crippen LogP contribution is -2.44. The summed E-state index contributed by atoms with van der Waals surface area (Å²) in [5.74, 6) is -0.0744. The van der Waals surface area contributed by atoms with Crippen LogP contribution in [0.15, 0.2) is 71.5 Å². The molecule has 8 nitrogen and oxygen atoms in total. The third kappa shape index (κ3) is 6.53. The molecule has 0 unspecified atom stereocenters. The van der Waals surface area contributed by atoms with Crippen LogP contribution in [0.25, 0.3) is 28.7 Å². The van der Waals surface area contributed by atoms with Crippen molar-refractivity contribution in [1.29, 1.82) is 0 Å². The zero-order chi connectivity index (χ0) is 29.8. The van der Waals surface area contributed by atoms with Crippen molar-refractivity contribution in [2.24, 2.45) is 0 Å². The molecule has 1 amide bonds. The molecule has 0 atom stereocenters. The Morgan fingerprint density at radius 3 is 2.37 bits per heavy atom. The molecule has 2 fully saturated rings. The van der Waals surface area contributed by atoms with Gasteiger partial charge in [-0.1, -0.05) is 36.4 Å². The van der Waals surface area contributed by atoms with Gasteiger partial charge in [0.2, 0.25) is 0 Å². The number of para-hydroxylation sites is 1. The highest BCUT2D eigenvalue weighted by molar-refractivity contribution is 5.94. The second kappa shape index (κ2) is 12.9. The van der Waals surface area contributed by atoms with Gasteiger partial charge < -0.3 is 20.0 Å². The molecule has 1 N–H and O–H groups in total. The van der Waals surface area contributed by atoms with E-state index in [0.29, 0.717) is 47.9 Å². The average molecular weight is 581 g/mol. The number of likely N-dealkylation sites (N-methyl/N-ethyl adjacent to an activating group) is 1. The van der Waals surface area contributed by atoms with Crippen molar-refractivity contribution in [1.82, 2.24) is 24.7 Å². The number of anilines is 1. The summed E-state index contributed by atoms with van der Waals surface area (Å²) in [5, 5.41) is 3.24. The lowest BCUT2D eigenvalue weighted by molar-refractivity contribution is 0.0949. The van der Waals surface area contributed by atoms with Gasteiger partial charge in [0, 0.05) is 44.8 Å². The maximum absolute atomic E-state index is 15.3. The lowest BCUT2D eigenvalue weighted by Gasteiger charge is -2.34. The Balaban J connectivity index is 1.28. The number of carbonyl (C=O) groups is 1. The molecule has 4 aromatic rings. The van der Waals surface area contributed by atoms with Gasteiger partial charge in [-0.25, -0.2) is 9.37 Å². The largest absolute Gasteiger partial charge is 0.367 e. The summed E-state index contributed by atoms with van der Waals surface area (Å²) < 4.78 is 16.8. The van der Waals surface area contributed by atoms with Crippen LogP contribution in [0.3, 0.4) is 0 Å². The highest BCUT2D eigenvalue weighted by Gasteiger charge is 2.20. The van der Waals surface area contributed by atoms with Crippen molar-refractivity contribution in [2.75, 3.05) is 64.3 Å². The molecule has 2 aliphatic rings. The minimum absolute atomic E-state index is 0.0905. The number of rotatable bonds is 8. The van der Waals surface area contributed by atoms with Crippen molar-refractivity contribution in [2.45, 2.75) is 12.8 Å². The van der Waals surface area contributed by atoms with Gasteiger partial charge in [0.15, 0.2) is 0 Å². The number of nitrogens with one attached hydrogen (secondary N) is 1. The zero-order valence-electron chi connectivity index (χ0n) is 24.5. The molecular formula is C34H37FN6O2. The molecule has 2 aliphatic heterocycles. The first-order valence-electron chi connectivity index (χ1n) is 15.0. The van der Waals surface area contributed by atoms with E-state index < -0.39 is 5.82 Å². The van der Waals surface area contributed by atoms with Gasteiger partial charge in [-0.05, 0) is 81.0 Å². The number of halogens is 1. The van der Waals surface area contributed by atoms with Crippen LogP contribution in [0, 0.1) is 5.82 Å². The van der Waals surface area contributed by atoms with Crippen molar-refractivity contribution >= 4 is 34.6 Å². The van der Waals surface area contributed by atoms with E-state index in [1.54, 1.807) is 24.3 Å². The van der Waals surface area contributed by atoms with Gasteiger partial charge in [0.05, 0.1) is 22.3 Å². The number of hydrogen-bond donors (Lipinski definition) is 1. The average Bonchev–Trinajstić information content (AvgIpc) is 3.55. The molecular weight excluding hydrogens is 543 g/mol. The van der Waals surface area contributed by atoms with Gasteiger partial charge >= 0.3 is 0 Å². The van der Waals surface area contributed by atoms with Crippen LogP contribution in [0.1, 0.15) is 34.6 Å².